The molecule has 132 valence electrons. The molecule has 0 fully saturated rings. The van der Waals surface area contributed by atoms with E-state index in [2.05, 4.69) is 15.4 Å². The number of amides is 1. The number of rotatable bonds is 3. The quantitative estimate of drug-likeness (QED) is 0.611. The number of pyridine rings is 1. The molecule has 0 saturated carbocycles. The number of para-hydroxylation sites is 1. The molecule has 6 heteroatoms. The van der Waals surface area contributed by atoms with Crippen LogP contribution in [0.3, 0.4) is 0 Å². The van der Waals surface area contributed by atoms with Crippen LogP contribution in [0.25, 0.3) is 16.5 Å². The number of anilines is 1. The molecular weight excluding hydrogens is 340 g/mol. The second-order valence-electron chi connectivity index (χ2n) is 6.12. The van der Waals surface area contributed by atoms with E-state index in [9.17, 15) is 9.59 Å². The van der Waals surface area contributed by atoms with Gasteiger partial charge in [0.25, 0.3) is 11.5 Å². The van der Waals surface area contributed by atoms with Gasteiger partial charge in [0.1, 0.15) is 5.82 Å². The van der Waals surface area contributed by atoms with Crippen molar-refractivity contribution in [2.45, 2.75) is 6.92 Å². The topological polar surface area (TPSA) is 76.9 Å². The molecule has 0 aliphatic rings. The Balaban J connectivity index is 1.88. The van der Waals surface area contributed by atoms with E-state index in [1.54, 1.807) is 48.7 Å². The lowest BCUT2D eigenvalue weighted by Gasteiger charge is -2.11. The maximum atomic E-state index is 12.9. The number of nitrogens with one attached hydrogen (secondary N) is 1. The number of benzene rings is 2. The molecule has 0 unspecified atom stereocenters. The summed E-state index contributed by atoms with van der Waals surface area (Å²) in [5, 5.41) is 8.04. The molecule has 0 bridgehead atoms. The predicted molar refractivity (Wildman–Crippen MR) is 104 cm³/mol. The fourth-order valence-electron chi connectivity index (χ4n) is 2.88. The van der Waals surface area contributed by atoms with Gasteiger partial charge in [-0.3, -0.25) is 9.59 Å². The van der Waals surface area contributed by atoms with Crippen molar-refractivity contribution in [2.24, 2.45) is 0 Å². The first-order chi connectivity index (χ1) is 13.1. The van der Waals surface area contributed by atoms with E-state index >= 15 is 0 Å². The van der Waals surface area contributed by atoms with Crippen LogP contribution in [0.2, 0.25) is 0 Å². The van der Waals surface area contributed by atoms with E-state index < -0.39 is 5.91 Å². The third-order valence-corrected chi connectivity index (χ3v) is 4.18. The van der Waals surface area contributed by atoms with Gasteiger partial charge in [-0.2, -0.15) is 9.78 Å². The van der Waals surface area contributed by atoms with Crippen LogP contribution in [0.15, 0.2) is 77.7 Å². The van der Waals surface area contributed by atoms with E-state index in [-0.39, 0.29) is 11.3 Å². The molecule has 0 aliphatic carbocycles. The maximum Gasteiger partial charge on any atom is 0.279 e. The van der Waals surface area contributed by atoms with Crippen LogP contribution in [0.4, 0.5) is 5.82 Å². The van der Waals surface area contributed by atoms with Crippen LogP contribution in [-0.4, -0.2) is 20.7 Å². The summed E-state index contributed by atoms with van der Waals surface area (Å²) in [5.74, 6) is 0.0114. The standard InChI is InChI=1S/C21H16N4O2/c1-14-11-12-22-18(13-14)23-20(26)19-16-9-5-6-10-17(16)21(27)25(24-19)15-7-3-2-4-8-15/h2-13H,1H3,(H,22,23,26). The summed E-state index contributed by atoms with van der Waals surface area (Å²) in [6.45, 7) is 1.92. The van der Waals surface area contributed by atoms with Crippen LogP contribution in [-0.2, 0) is 0 Å². The highest BCUT2D eigenvalue weighted by molar-refractivity contribution is 6.10. The van der Waals surface area contributed by atoms with Gasteiger partial charge in [0.15, 0.2) is 5.69 Å². The third kappa shape index (κ3) is 3.20. The van der Waals surface area contributed by atoms with E-state index in [0.717, 1.165) is 5.56 Å². The van der Waals surface area contributed by atoms with Crippen molar-refractivity contribution in [3.05, 3.63) is 94.5 Å². The molecule has 1 N–H and O–H groups in total. The smallest absolute Gasteiger partial charge is 0.279 e. The maximum absolute atomic E-state index is 12.9. The monoisotopic (exact) mass is 356 g/mol. The number of hydrogen-bond acceptors (Lipinski definition) is 4. The highest BCUT2D eigenvalue weighted by atomic mass is 16.2. The number of carbonyl (C=O) groups excluding carboxylic acids is 1. The number of aryl methyl sites for hydroxylation is 1. The first-order valence-corrected chi connectivity index (χ1v) is 8.45. The van der Waals surface area contributed by atoms with Crippen LogP contribution in [0, 0.1) is 6.92 Å². The molecule has 0 radical (unpaired) electrons. The van der Waals surface area contributed by atoms with E-state index in [4.69, 9.17) is 0 Å². The molecule has 0 spiro atoms. The van der Waals surface area contributed by atoms with Gasteiger partial charge in [-0.1, -0.05) is 36.4 Å². The number of aromatic nitrogens is 3. The Bertz CT molecular complexity index is 1200. The normalized spacial score (nSPS) is 10.7. The molecule has 4 rings (SSSR count). The molecule has 0 aliphatic heterocycles. The summed E-state index contributed by atoms with van der Waals surface area (Å²) in [7, 11) is 0. The molecule has 6 nitrogen and oxygen atoms in total. The average Bonchev–Trinajstić information content (AvgIpc) is 2.69. The molecule has 2 heterocycles. The summed E-state index contributed by atoms with van der Waals surface area (Å²) in [6.07, 6.45) is 1.63. The minimum atomic E-state index is -0.422. The number of carbonyl (C=O) groups is 1. The second-order valence-corrected chi connectivity index (χ2v) is 6.12. The first-order valence-electron chi connectivity index (χ1n) is 8.45. The van der Waals surface area contributed by atoms with Gasteiger partial charge in [0.2, 0.25) is 0 Å². The zero-order valence-corrected chi connectivity index (χ0v) is 14.6. The first kappa shape index (κ1) is 16.7. The Labute approximate surface area is 155 Å². The van der Waals surface area contributed by atoms with E-state index in [0.29, 0.717) is 22.3 Å². The summed E-state index contributed by atoms with van der Waals surface area (Å²) in [5.41, 5.74) is 1.46. The van der Waals surface area contributed by atoms with Gasteiger partial charge in [0.05, 0.1) is 11.1 Å². The van der Waals surface area contributed by atoms with Crippen molar-refractivity contribution in [3.63, 3.8) is 0 Å². The lowest BCUT2D eigenvalue weighted by molar-refractivity contribution is 0.102. The van der Waals surface area contributed by atoms with E-state index in [1.807, 2.05) is 31.2 Å². The number of fused-ring (bicyclic) bond motifs is 1. The second kappa shape index (κ2) is 6.84. The third-order valence-electron chi connectivity index (χ3n) is 4.18. The molecule has 2 aromatic heterocycles. The lowest BCUT2D eigenvalue weighted by atomic mass is 10.1. The van der Waals surface area contributed by atoms with Crippen molar-refractivity contribution in [3.8, 4) is 5.69 Å². The fourth-order valence-corrected chi connectivity index (χ4v) is 2.88. The van der Waals surface area contributed by atoms with Crippen molar-refractivity contribution >= 4 is 22.5 Å². The van der Waals surface area contributed by atoms with Crippen molar-refractivity contribution in [2.75, 3.05) is 5.32 Å². The minimum Gasteiger partial charge on any atom is -0.305 e. The van der Waals surface area contributed by atoms with E-state index in [1.165, 1.54) is 4.68 Å². The predicted octanol–water partition coefficient (Wildman–Crippen LogP) is 3.34. The van der Waals surface area contributed by atoms with Crippen molar-refractivity contribution in [1.82, 2.24) is 14.8 Å². The Hall–Kier alpha value is -3.80. The summed E-state index contributed by atoms with van der Waals surface area (Å²) >= 11 is 0. The Morgan fingerprint density at radius 1 is 0.963 bits per heavy atom. The molecule has 1 amide bonds. The van der Waals surface area contributed by atoms with Crippen LogP contribution >= 0.6 is 0 Å². The molecule has 2 aromatic carbocycles. The number of hydrogen-bond donors (Lipinski definition) is 1. The Morgan fingerprint density at radius 3 is 2.41 bits per heavy atom. The van der Waals surface area contributed by atoms with Gasteiger partial charge >= 0.3 is 0 Å². The van der Waals surface area contributed by atoms with Crippen molar-refractivity contribution < 1.29 is 4.79 Å². The zero-order chi connectivity index (χ0) is 18.8. The van der Waals surface area contributed by atoms with Gasteiger partial charge in [-0.15, -0.1) is 0 Å². The molecule has 27 heavy (non-hydrogen) atoms. The minimum absolute atomic E-state index is 0.164. The van der Waals surface area contributed by atoms with Crippen LogP contribution in [0.5, 0.6) is 0 Å². The van der Waals surface area contributed by atoms with Gasteiger partial charge in [0, 0.05) is 11.6 Å². The average molecular weight is 356 g/mol. The van der Waals surface area contributed by atoms with Gasteiger partial charge in [-0.25, -0.2) is 4.98 Å². The summed E-state index contributed by atoms with van der Waals surface area (Å²) in [6, 6.07) is 19.6. The van der Waals surface area contributed by atoms with Gasteiger partial charge < -0.3 is 5.32 Å². The molecule has 0 saturated heterocycles. The van der Waals surface area contributed by atoms with Crippen LogP contribution < -0.4 is 10.9 Å². The Morgan fingerprint density at radius 2 is 1.67 bits per heavy atom. The SMILES string of the molecule is Cc1ccnc(NC(=O)c2nn(-c3ccccc3)c(=O)c3ccccc23)c1. The summed E-state index contributed by atoms with van der Waals surface area (Å²) < 4.78 is 1.25. The summed E-state index contributed by atoms with van der Waals surface area (Å²) in [4.78, 5) is 29.9. The zero-order valence-electron chi connectivity index (χ0n) is 14.6. The fraction of sp³-hybridized carbons (Fsp3) is 0.0476. The van der Waals surface area contributed by atoms with Crippen LogP contribution in [0.1, 0.15) is 16.1 Å². The largest absolute Gasteiger partial charge is 0.305 e. The van der Waals surface area contributed by atoms with Crippen molar-refractivity contribution in [1.29, 1.82) is 0 Å². The molecule has 0 atom stereocenters. The Kier molecular flexibility index (Phi) is 4.22. The lowest BCUT2D eigenvalue weighted by Crippen LogP contribution is -2.26. The highest BCUT2D eigenvalue weighted by Gasteiger charge is 2.18. The highest BCUT2D eigenvalue weighted by Crippen LogP contribution is 2.17. The number of nitrogens with zero attached hydrogens (tertiary/aromatic N) is 3. The molecular formula is C21H16N4O2. The molecule has 4 aromatic rings. The van der Waals surface area contributed by atoms with Gasteiger partial charge in [-0.05, 0) is 42.8 Å².